The van der Waals surface area contributed by atoms with E-state index in [1.807, 2.05) is 0 Å². The first-order chi connectivity index (χ1) is 8.79. The van der Waals surface area contributed by atoms with Crippen molar-refractivity contribution in [3.8, 4) is 0 Å². The van der Waals surface area contributed by atoms with Crippen molar-refractivity contribution < 1.29 is 13.2 Å². The third-order valence-corrected chi connectivity index (χ3v) is 4.44. The summed E-state index contributed by atoms with van der Waals surface area (Å²) in [7, 11) is -0.00315. The smallest absolute Gasteiger partial charge is 0.228 e. The molecular weight excluding hydrogens is 268 g/mol. The van der Waals surface area contributed by atoms with Gasteiger partial charge in [0.25, 0.3) is 0 Å². The average Bonchev–Trinajstić information content (AvgIpc) is 2.64. The van der Waals surface area contributed by atoms with E-state index in [2.05, 4.69) is 5.10 Å². The summed E-state index contributed by atoms with van der Waals surface area (Å²) in [5, 5.41) is 4.15. The number of rotatable bonds is 2. The fraction of sp³-hybridized carbons (Fsp3) is 0.636. The molecule has 0 N–H and O–H groups in total. The van der Waals surface area contributed by atoms with Crippen molar-refractivity contribution in [1.29, 1.82) is 0 Å². The van der Waals surface area contributed by atoms with Crippen molar-refractivity contribution in [3.63, 3.8) is 0 Å². The molecule has 1 aliphatic rings. The van der Waals surface area contributed by atoms with Crippen LogP contribution >= 0.6 is 0 Å². The minimum absolute atomic E-state index is 0.0861. The SMILES string of the molecule is CN(C)C(=O)C1CN(S(C)(=O)=O)Cc2ccnn2C1. The van der Waals surface area contributed by atoms with Crippen LogP contribution in [0.1, 0.15) is 5.69 Å². The molecule has 1 unspecified atom stereocenters. The molecule has 1 aliphatic heterocycles. The minimum Gasteiger partial charge on any atom is -0.348 e. The van der Waals surface area contributed by atoms with E-state index in [1.54, 1.807) is 31.0 Å². The van der Waals surface area contributed by atoms with Crippen LogP contribution in [-0.4, -0.2) is 60.2 Å². The highest BCUT2D eigenvalue weighted by molar-refractivity contribution is 7.88. The molecule has 0 radical (unpaired) electrons. The molecule has 8 heteroatoms. The highest BCUT2D eigenvalue weighted by atomic mass is 32.2. The third-order valence-electron chi connectivity index (χ3n) is 3.22. The number of hydrogen-bond acceptors (Lipinski definition) is 4. The second-order valence-electron chi connectivity index (χ2n) is 4.99. The van der Waals surface area contributed by atoms with Crippen LogP contribution in [0.25, 0.3) is 0 Å². The van der Waals surface area contributed by atoms with Gasteiger partial charge in [-0.3, -0.25) is 9.48 Å². The fourth-order valence-corrected chi connectivity index (χ4v) is 3.01. The predicted octanol–water partition coefficient (Wildman–Crippen LogP) is -0.637. The summed E-state index contributed by atoms with van der Waals surface area (Å²) in [6.07, 6.45) is 2.79. The number of hydrogen-bond donors (Lipinski definition) is 0. The standard InChI is InChI=1S/C11H18N4O3S/c1-13(2)11(16)9-6-14(19(3,17)18)8-10-4-5-12-15(10)7-9/h4-5,9H,6-8H2,1-3H3. The monoisotopic (exact) mass is 286 g/mol. The maximum atomic E-state index is 12.1. The summed E-state index contributed by atoms with van der Waals surface area (Å²) in [4.78, 5) is 13.6. The molecule has 2 heterocycles. The first-order valence-electron chi connectivity index (χ1n) is 5.96. The van der Waals surface area contributed by atoms with E-state index < -0.39 is 15.9 Å². The van der Waals surface area contributed by atoms with Crippen LogP contribution in [0.2, 0.25) is 0 Å². The van der Waals surface area contributed by atoms with Crippen LogP contribution in [0.4, 0.5) is 0 Å². The van der Waals surface area contributed by atoms with Crippen LogP contribution in [-0.2, 0) is 27.9 Å². The topological polar surface area (TPSA) is 75.5 Å². The Morgan fingerprint density at radius 1 is 1.42 bits per heavy atom. The van der Waals surface area contributed by atoms with Gasteiger partial charge in [-0.15, -0.1) is 0 Å². The van der Waals surface area contributed by atoms with Gasteiger partial charge in [-0.1, -0.05) is 0 Å². The van der Waals surface area contributed by atoms with Gasteiger partial charge >= 0.3 is 0 Å². The highest BCUT2D eigenvalue weighted by Gasteiger charge is 2.32. The Hall–Kier alpha value is -1.41. The van der Waals surface area contributed by atoms with Crippen LogP contribution in [0.5, 0.6) is 0 Å². The van der Waals surface area contributed by atoms with Crippen molar-refractivity contribution in [2.45, 2.75) is 13.1 Å². The summed E-state index contributed by atoms with van der Waals surface area (Å²) >= 11 is 0. The molecule has 19 heavy (non-hydrogen) atoms. The summed E-state index contributed by atoms with van der Waals surface area (Å²) in [6, 6.07) is 1.78. The van der Waals surface area contributed by atoms with E-state index in [-0.39, 0.29) is 19.0 Å². The molecule has 0 aliphatic carbocycles. The molecule has 7 nitrogen and oxygen atoms in total. The summed E-state index contributed by atoms with van der Waals surface area (Å²) in [5.74, 6) is -0.497. The zero-order valence-corrected chi connectivity index (χ0v) is 12.1. The number of carbonyl (C=O) groups is 1. The molecule has 106 valence electrons. The minimum atomic E-state index is -3.34. The molecule has 2 rings (SSSR count). The van der Waals surface area contributed by atoms with Gasteiger partial charge in [-0.25, -0.2) is 8.42 Å². The van der Waals surface area contributed by atoms with Crippen LogP contribution < -0.4 is 0 Å². The Labute approximate surface area is 112 Å². The van der Waals surface area contributed by atoms with E-state index in [4.69, 9.17) is 0 Å². The molecule has 0 saturated carbocycles. The van der Waals surface area contributed by atoms with Gasteiger partial charge in [-0.05, 0) is 6.07 Å². The van der Waals surface area contributed by atoms with E-state index >= 15 is 0 Å². The maximum Gasteiger partial charge on any atom is 0.228 e. The maximum absolute atomic E-state index is 12.1. The third kappa shape index (κ3) is 2.95. The summed E-state index contributed by atoms with van der Waals surface area (Å²) in [6.45, 7) is 0.862. The molecule has 1 aromatic rings. The van der Waals surface area contributed by atoms with Gasteiger partial charge in [-0.2, -0.15) is 9.40 Å². The zero-order valence-electron chi connectivity index (χ0n) is 11.3. The number of carbonyl (C=O) groups excluding carboxylic acids is 1. The lowest BCUT2D eigenvalue weighted by atomic mass is 10.1. The van der Waals surface area contributed by atoms with E-state index in [9.17, 15) is 13.2 Å². The molecule has 0 aromatic carbocycles. The Kier molecular flexibility index (Phi) is 3.64. The second kappa shape index (κ2) is 4.93. The molecule has 0 spiro atoms. The van der Waals surface area contributed by atoms with E-state index in [0.717, 1.165) is 11.9 Å². The van der Waals surface area contributed by atoms with Crippen LogP contribution in [0.15, 0.2) is 12.3 Å². The quantitative estimate of drug-likeness (QED) is 0.725. The van der Waals surface area contributed by atoms with E-state index in [0.29, 0.717) is 6.54 Å². The predicted molar refractivity (Wildman–Crippen MR) is 69.7 cm³/mol. The number of sulfonamides is 1. The second-order valence-corrected chi connectivity index (χ2v) is 6.97. The molecular formula is C11H18N4O3S. The highest BCUT2D eigenvalue weighted by Crippen LogP contribution is 2.19. The Balaban J connectivity index is 2.36. The number of aromatic nitrogens is 2. The van der Waals surface area contributed by atoms with Crippen molar-refractivity contribution >= 4 is 15.9 Å². The molecule has 1 aromatic heterocycles. The Morgan fingerprint density at radius 3 is 2.68 bits per heavy atom. The van der Waals surface area contributed by atoms with Crippen molar-refractivity contribution in [2.75, 3.05) is 26.9 Å². The van der Waals surface area contributed by atoms with Gasteiger partial charge in [0.2, 0.25) is 15.9 Å². The van der Waals surface area contributed by atoms with E-state index in [1.165, 1.54) is 9.21 Å². The molecule has 1 atom stereocenters. The first kappa shape index (κ1) is 14.0. The van der Waals surface area contributed by atoms with Crippen LogP contribution in [0.3, 0.4) is 0 Å². The Bertz CT molecular complexity index is 579. The molecule has 0 fully saturated rings. The van der Waals surface area contributed by atoms with Gasteiger partial charge in [0.15, 0.2) is 0 Å². The normalized spacial score (nSPS) is 20.7. The molecule has 0 saturated heterocycles. The van der Waals surface area contributed by atoms with Gasteiger partial charge < -0.3 is 4.90 Å². The summed E-state index contributed by atoms with van der Waals surface area (Å²) in [5.41, 5.74) is 0.805. The van der Waals surface area contributed by atoms with Gasteiger partial charge in [0, 0.05) is 26.8 Å². The number of amides is 1. The van der Waals surface area contributed by atoms with Crippen molar-refractivity contribution in [1.82, 2.24) is 19.0 Å². The van der Waals surface area contributed by atoms with Gasteiger partial charge in [0.1, 0.15) is 0 Å². The van der Waals surface area contributed by atoms with Crippen molar-refractivity contribution in [2.24, 2.45) is 5.92 Å². The average molecular weight is 286 g/mol. The fourth-order valence-electron chi connectivity index (χ4n) is 2.19. The lowest BCUT2D eigenvalue weighted by Gasteiger charge is -2.23. The number of nitrogens with zero attached hydrogens (tertiary/aromatic N) is 4. The van der Waals surface area contributed by atoms with Crippen LogP contribution in [0, 0.1) is 5.92 Å². The van der Waals surface area contributed by atoms with Crippen molar-refractivity contribution in [3.05, 3.63) is 18.0 Å². The first-order valence-corrected chi connectivity index (χ1v) is 7.81. The number of fused-ring (bicyclic) bond motifs is 1. The van der Waals surface area contributed by atoms with Gasteiger partial charge in [0.05, 0.1) is 31.0 Å². The Morgan fingerprint density at radius 2 is 2.11 bits per heavy atom. The molecule has 1 amide bonds. The summed E-state index contributed by atoms with van der Waals surface area (Å²) < 4.78 is 26.6. The zero-order chi connectivity index (χ0) is 14.2. The largest absolute Gasteiger partial charge is 0.348 e. The molecule has 0 bridgehead atoms. The lowest BCUT2D eigenvalue weighted by Crippen LogP contribution is -2.40. The lowest BCUT2D eigenvalue weighted by molar-refractivity contribution is -0.133.